The molecule has 3 heterocycles. The Kier molecular flexibility index (Phi) is 4.47. The third kappa shape index (κ3) is 3.41. The number of aromatic amines is 1. The van der Waals surface area contributed by atoms with Crippen LogP contribution in [0.4, 0.5) is 5.69 Å². The maximum absolute atomic E-state index is 12.9. The van der Waals surface area contributed by atoms with Crippen molar-refractivity contribution >= 4 is 11.6 Å². The molecular formula is C20H26N4O. The van der Waals surface area contributed by atoms with E-state index in [1.54, 1.807) is 0 Å². The molecule has 2 saturated heterocycles. The Morgan fingerprint density at radius 3 is 2.56 bits per heavy atom. The first-order chi connectivity index (χ1) is 12.2. The smallest absolute Gasteiger partial charge is 0.253 e. The summed E-state index contributed by atoms with van der Waals surface area (Å²) in [5.74, 6) is 1.47. The van der Waals surface area contributed by atoms with Gasteiger partial charge in [0.15, 0.2) is 0 Å². The fourth-order valence-corrected chi connectivity index (χ4v) is 4.00. The Morgan fingerprint density at radius 1 is 1.12 bits per heavy atom. The second-order valence-corrected chi connectivity index (χ2v) is 7.28. The Morgan fingerprint density at radius 2 is 1.88 bits per heavy atom. The number of imidazole rings is 1. The number of aryl methyl sites for hydroxylation is 1. The highest BCUT2D eigenvalue weighted by atomic mass is 16.2. The summed E-state index contributed by atoms with van der Waals surface area (Å²) in [6.45, 7) is 5.86. The van der Waals surface area contributed by atoms with Crippen LogP contribution in [0.25, 0.3) is 0 Å². The maximum atomic E-state index is 12.9. The summed E-state index contributed by atoms with van der Waals surface area (Å²) in [6, 6.07) is 8.15. The fraction of sp³-hybridized carbons (Fsp3) is 0.500. The molecule has 5 heteroatoms. The minimum Gasteiger partial charge on any atom is -0.372 e. The molecule has 2 aliphatic heterocycles. The Balaban J connectivity index is 1.44. The number of benzene rings is 1. The largest absolute Gasteiger partial charge is 0.372 e. The van der Waals surface area contributed by atoms with E-state index in [1.807, 2.05) is 30.2 Å². The SMILES string of the molecule is Cc1cnc([C@H]2CCCN(C(=O)c3ccc(N4CCCC4)cc3)C2)[nH]1. The van der Waals surface area contributed by atoms with E-state index in [2.05, 4.69) is 27.0 Å². The van der Waals surface area contributed by atoms with E-state index in [1.165, 1.54) is 18.5 Å². The van der Waals surface area contributed by atoms with Gasteiger partial charge in [-0.1, -0.05) is 0 Å². The zero-order valence-corrected chi connectivity index (χ0v) is 14.9. The van der Waals surface area contributed by atoms with E-state index in [4.69, 9.17) is 0 Å². The standard InChI is InChI=1S/C20H26N4O/c1-15-13-21-19(22-15)17-5-4-12-24(14-17)20(25)16-6-8-18(9-7-16)23-10-2-3-11-23/h6-9,13,17H,2-5,10-12,14H2,1H3,(H,21,22)/t17-/m0/s1. The zero-order chi connectivity index (χ0) is 17.2. The highest BCUT2D eigenvalue weighted by Crippen LogP contribution is 2.27. The lowest BCUT2D eigenvalue weighted by molar-refractivity contribution is 0.0705. The molecule has 4 rings (SSSR count). The van der Waals surface area contributed by atoms with Crippen molar-refractivity contribution in [2.45, 2.75) is 38.5 Å². The van der Waals surface area contributed by atoms with Crippen LogP contribution in [-0.4, -0.2) is 47.0 Å². The van der Waals surface area contributed by atoms with Crippen LogP contribution < -0.4 is 4.90 Å². The van der Waals surface area contributed by atoms with E-state index < -0.39 is 0 Å². The average molecular weight is 338 g/mol. The van der Waals surface area contributed by atoms with Gasteiger partial charge in [-0.2, -0.15) is 0 Å². The monoisotopic (exact) mass is 338 g/mol. The van der Waals surface area contributed by atoms with Crippen molar-refractivity contribution in [3.63, 3.8) is 0 Å². The van der Waals surface area contributed by atoms with Gasteiger partial charge in [-0.3, -0.25) is 4.79 Å². The number of rotatable bonds is 3. The number of likely N-dealkylation sites (tertiary alicyclic amines) is 1. The molecule has 5 nitrogen and oxygen atoms in total. The highest BCUT2D eigenvalue weighted by Gasteiger charge is 2.27. The van der Waals surface area contributed by atoms with E-state index >= 15 is 0 Å². The molecule has 132 valence electrons. The van der Waals surface area contributed by atoms with Gasteiger partial charge in [-0.05, 0) is 56.9 Å². The predicted molar refractivity (Wildman–Crippen MR) is 99.1 cm³/mol. The minimum absolute atomic E-state index is 0.140. The number of piperidine rings is 1. The maximum Gasteiger partial charge on any atom is 0.253 e. The first-order valence-electron chi connectivity index (χ1n) is 9.36. The molecule has 0 unspecified atom stereocenters. The van der Waals surface area contributed by atoms with Crippen LogP contribution in [0, 0.1) is 6.92 Å². The number of H-pyrrole nitrogens is 1. The number of carbonyl (C=O) groups is 1. The van der Waals surface area contributed by atoms with Crippen LogP contribution in [0.15, 0.2) is 30.5 Å². The second-order valence-electron chi connectivity index (χ2n) is 7.28. The molecule has 0 aliphatic carbocycles. The lowest BCUT2D eigenvalue weighted by Crippen LogP contribution is -2.39. The van der Waals surface area contributed by atoms with Gasteiger partial charge in [0.2, 0.25) is 0 Å². The third-order valence-corrected chi connectivity index (χ3v) is 5.40. The van der Waals surface area contributed by atoms with E-state index in [0.717, 1.165) is 56.1 Å². The number of nitrogens with zero attached hydrogens (tertiary/aromatic N) is 3. The Labute approximate surface area is 149 Å². The van der Waals surface area contributed by atoms with Crippen LogP contribution in [0.3, 0.4) is 0 Å². The molecule has 1 aromatic heterocycles. The zero-order valence-electron chi connectivity index (χ0n) is 14.9. The summed E-state index contributed by atoms with van der Waals surface area (Å²) < 4.78 is 0. The van der Waals surface area contributed by atoms with Crippen molar-refractivity contribution in [1.29, 1.82) is 0 Å². The van der Waals surface area contributed by atoms with Gasteiger partial charge in [0.25, 0.3) is 5.91 Å². The predicted octanol–water partition coefficient (Wildman–Crippen LogP) is 3.34. The first kappa shape index (κ1) is 16.2. The molecule has 2 fully saturated rings. The normalized spacial score (nSPS) is 20.9. The summed E-state index contributed by atoms with van der Waals surface area (Å²) in [7, 11) is 0. The lowest BCUT2D eigenvalue weighted by atomic mass is 9.96. The Hall–Kier alpha value is -2.30. The highest BCUT2D eigenvalue weighted by molar-refractivity contribution is 5.94. The van der Waals surface area contributed by atoms with Crippen molar-refractivity contribution in [3.05, 3.63) is 47.5 Å². The molecule has 1 atom stereocenters. The van der Waals surface area contributed by atoms with Gasteiger partial charge in [0.1, 0.15) is 5.82 Å². The van der Waals surface area contributed by atoms with Gasteiger partial charge in [-0.15, -0.1) is 0 Å². The van der Waals surface area contributed by atoms with Crippen LogP contribution in [-0.2, 0) is 0 Å². The molecule has 1 N–H and O–H groups in total. The van der Waals surface area contributed by atoms with E-state index in [9.17, 15) is 4.79 Å². The number of amides is 1. The van der Waals surface area contributed by atoms with E-state index in [-0.39, 0.29) is 5.91 Å². The van der Waals surface area contributed by atoms with Gasteiger partial charge >= 0.3 is 0 Å². The summed E-state index contributed by atoms with van der Waals surface area (Å²) in [5, 5.41) is 0. The van der Waals surface area contributed by atoms with Crippen molar-refractivity contribution in [2.24, 2.45) is 0 Å². The summed E-state index contributed by atoms with van der Waals surface area (Å²) >= 11 is 0. The number of hydrogen-bond acceptors (Lipinski definition) is 3. The minimum atomic E-state index is 0.140. The van der Waals surface area contributed by atoms with Crippen molar-refractivity contribution in [3.8, 4) is 0 Å². The number of anilines is 1. The molecule has 0 bridgehead atoms. The molecule has 2 aliphatic rings. The average Bonchev–Trinajstić information content (AvgIpc) is 3.33. The molecule has 0 spiro atoms. The number of nitrogens with one attached hydrogen (secondary N) is 1. The van der Waals surface area contributed by atoms with Crippen LogP contribution in [0.2, 0.25) is 0 Å². The first-order valence-corrected chi connectivity index (χ1v) is 9.36. The molecule has 0 saturated carbocycles. The van der Waals surface area contributed by atoms with Gasteiger partial charge in [0.05, 0.1) is 0 Å². The summed E-state index contributed by atoms with van der Waals surface area (Å²) in [4.78, 5) is 25.1. The van der Waals surface area contributed by atoms with Crippen molar-refractivity contribution in [1.82, 2.24) is 14.9 Å². The summed E-state index contributed by atoms with van der Waals surface area (Å²) in [5.41, 5.74) is 3.10. The van der Waals surface area contributed by atoms with Crippen LogP contribution in [0.1, 0.15) is 53.5 Å². The van der Waals surface area contributed by atoms with Crippen LogP contribution >= 0.6 is 0 Å². The third-order valence-electron chi connectivity index (χ3n) is 5.40. The van der Waals surface area contributed by atoms with Gasteiger partial charge in [0, 0.05) is 55.2 Å². The molecule has 0 radical (unpaired) electrons. The molecule has 25 heavy (non-hydrogen) atoms. The summed E-state index contributed by atoms with van der Waals surface area (Å²) in [6.07, 6.45) is 6.52. The topological polar surface area (TPSA) is 52.2 Å². The number of hydrogen-bond donors (Lipinski definition) is 1. The van der Waals surface area contributed by atoms with Crippen molar-refractivity contribution < 1.29 is 4.79 Å². The Bertz CT molecular complexity index is 730. The molecular weight excluding hydrogens is 312 g/mol. The molecule has 1 aromatic carbocycles. The lowest BCUT2D eigenvalue weighted by Gasteiger charge is -2.32. The quantitative estimate of drug-likeness (QED) is 0.934. The molecule has 1 amide bonds. The van der Waals surface area contributed by atoms with Crippen molar-refractivity contribution in [2.75, 3.05) is 31.1 Å². The van der Waals surface area contributed by atoms with Gasteiger partial charge in [-0.25, -0.2) is 4.98 Å². The van der Waals surface area contributed by atoms with Gasteiger partial charge < -0.3 is 14.8 Å². The number of carbonyl (C=O) groups excluding carboxylic acids is 1. The van der Waals surface area contributed by atoms with Crippen LogP contribution in [0.5, 0.6) is 0 Å². The molecule has 2 aromatic rings. The van der Waals surface area contributed by atoms with E-state index in [0.29, 0.717) is 5.92 Å². The fourth-order valence-electron chi connectivity index (χ4n) is 4.00. The number of aromatic nitrogens is 2. The second kappa shape index (κ2) is 6.90.